The maximum Gasteiger partial charge on any atom is 0.334 e. The van der Waals surface area contributed by atoms with E-state index in [1.54, 1.807) is 0 Å². The zero-order valence-electron chi connectivity index (χ0n) is 16.0. The molecule has 0 saturated heterocycles. The predicted octanol–water partition coefficient (Wildman–Crippen LogP) is 5.65. The first-order valence-corrected chi connectivity index (χ1v) is 10.4. The smallest absolute Gasteiger partial charge is 0.334 e. The van der Waals surface area contributed by atoms with Gasteiger partial charge in [0.25, 0.3) is 0 Å². The maximum atomic E-state index is 12.7. The van der Waals surface area contributed by atoms with Gasteiger partial charge in [-0.05, 0) is 48.2 Å². The lowest BCUT2D eigenvalue weighted by Crippen LogP contribution is -2.37. The van der Waals surface area contributed by atoms with Crippen LogP contribution in [0, 0.1) is 29.6 Å². The molecule has 4 rings (SSSR count). The number of carbonyl (C=O) groups excluding carboxylic acids is 1. The summed E-state index contributed by atoms with van der Waals surface area (Å²) < 4.78 is 5.44. The van der Waals surface area contributed by atoms with E-state index in [4.69, 9.17) is 4.74 Å². The molecule has 0 aliphatic heterocycles. The topological polar surface area (TPSA) is 26.3 Å². The summed E-state index contributed by atoms with van der Waals surface area (Å²) in [7, 11) is 0. The monoisotopic (exact) mass is 350 g/mol. The third-order valence-corrected chi connectivity index (χ3v) is 6.69. The van der Waals surface area contributed by atoms with Crippen LogP contribution in [-0.4, -0.2) is 12.6 Å². The summed E-state index contributed by atoms with van der Waals surface area (Å²) in [5.74, 6) is 2.68. The van der Waals surface area contributed by atoms with Crippen LogP contribution in [-0.2, 0) is 9.53 Å². The van der Waals surface area contributed by atoms with Gasteiger partial charge in [0.2, 0.25) is 0 Å². The quantitative estimate of drug-likeness (QED) is 0.344. The molecule has 2 nitrogen and oxygen atoms in total. The molecule has 1 aromatic carbocycles. The highest BCUT2D eigenvalue weighted by Gasteiger charge is 2.61. The third-order valence-electron chi connectivity index (χ3n) is 6.69. The fourth-order valence-electron chi connectivity index (χ4n) is 5.67. The molecule has 0 N–H and O–H groups in total. The number of hydrogen-bond acceptors (Lipinski definition) is 2. The van der Waals surface area contributed by atoms with Crippen molar-refractivity contribution in [2.24, 2.45) is 29.6 Å². The van der Waals surface area contributed by atoms with Crippen molar-refractivity contribution in [3.8, 4) is 0 Å². The van der Waals surface area contributed by atoms with Crippen LogP contribution < -0.4 is 0 Å². The number of fused-ring (bicyclic) bond motifs is 5. The molecule has 3 aliphatic rings. The molecule has 0 heterocycles. The summed E-state index contributed by atoms with van der Waals surface area (Å²) in [4.78, 5) is 12.7. The zero-order chi connectivity index (χ0) is 18.1. The second-order valence-electron chi connectivity index (χ2n) is 8.02. The van der Waals surface area contributed by atoms with Gasteiger partial charge in [0.1, 0.15) is 0 Å². The highest BCUT2D eigenvalue weighted by Crippen LogP contribution is 2.66. The minimum absolute atomic E-state index is 0.0849. The van der Waals surface area contributed by atoms with E-state index >= 15 is 0 Å². The van der Waals surface area contributed by atoms with Gasteiger partial charge in [-0.25, -0.2) is 4.79 Å². The number of ether oxygens (including phenoxy) is 1. The van der Waals surface area contributed by atoms with E-state index in [1.165, 1.54) is 43.2 Å². The largest absolute Gasteiger partial charge is 0.463 e. The Morgan fingerprint density at radius 1 is 0.962 bits per heavy atom. The van der Waals surface area contributed by atoms with Gasteiger partial charge in [0.05, 0.1) is 6.61 Å². The molecule has 0 radical (unpaired) electrons. The SMILES string of the molecule is CCCCCC[C@H]1[C@H]2C=C[C@@H]1[C@H]1C(c3ccccc3)=C(C(=O)OCC)[C@@H]21. The van der Waals surface area contributed by atoms with Crippen molar-refractivity contribution in [2.75, 3.05) is 6.61 Å². The Hall–Kier alpha value is -1.83. The Bertz CT molecular complexity index is 715. The molecule has 138 valence electrons. The van der Waals surface area contributed by atoms with Crippen molar-refractivity contribution in [2.45, 2.75) is 46.0 Å². The maximum absolute atomic E-state index is 12.7. The highest BCUT2D eigenvalue weighted by atomic mass is 16.5. The number of hydrogen-bond donors (Lipinski definition) is 0. The zero-order valence-corrected chi connectivity index (χ0v) is 16.0. The van der Waals surface area contributed by atoms with Crippen molar-refractivity contribution >= 4 is 11.5 Å². The summed E-state index contributed by atoms with van der Waals surface area (Å²) in [6.45, 7) is 4.61. The lowest BCUT2D eigenvalue weighted by molar-refractivity contribution is -0.139. The number of allylic oxidation sites excluding steroid dienone is 3. The average molecular weight is 351 g/mol. The first-order chi connectivity index (χ1) is 12.8. The second-order valence-corrected chi connectivity index (χ2v) is 8.02. The average Bonchev–Trinajstić information content (AvgIpc) is 3.12. The molecule has 0 spiro atoms. The Morgan fingerprint density at radius 3 is 2.38 bits per heavy atom. The highest BCUT2D eigenvalue weighted by molar-refractivity contribution is 6.03. The molecule has 1 aromatic rings. The number of carbonyl (C=O) groups is 1. The predicted molar refractivity (Wildman–Crippen MR) is 105 cm³/mol. The van der Waals surface area contributed by atoms with Gasteiger partial charge in [-0.3, -0.25) is 0 Å². The summed E-state index contributed by atoms with van der Waals surface area (Å²) in [5, 5.41) is 0. The van der Waals surface area contributed by atoms with Gasteiger partial charge in [0.15, 0.2) is 0 Å². The van der Waals surface area contributed by atoms with Crippen LogP contribution in [0.1, 0.15) is 51.5 Å². The standard InChI is InChI=1S/C24H30O2/c1-3-5-6-10-13-17-18-14-15-19(17)22-21(18)20(16-11-8-7-9-12-16)23(22)24(25)26-4-2/h7-9,11-12,14-15,17-19,21-22H,3-6,10,13H2,1-2H3/t17-,18+,19-,21+,22+/m1/s1. The lowest BCUT2D eigenvalue weighted by atomic mass is 9.61. The van der Waals surface area contributed by atoms with Crippen LogP contribution in [0.15, 0.2) is 48.1 Å². The normalized spacial score (nSPS) is 31.1. The van der Waals surface area contributed by atoms with Crippen molar-refractivity contribution in [3.05, 3.63) is 53.6 Å². The van der Waals surface area contributed by atoms with Gasteiger partial charge < -0.3 is 4.74 Å². The summed E-state index contributed by atoms with van der Waals surface area (Å²) in [6.07, 6.45) is 11.4. The lowest BCUT2D eigenvalue weighted by Gasteiger charge is -2.42. The summed E-state index contributed by atoms with van der Waals surface area (Å²) in [6, 6.07) is 10.5. The minimum atomic E-state index is -0.0849. The number of unbranched alkanes of at least 4 members (excludes halogenated alkanes) is 3. The number of benzene rings is 1. The molecule has 3 aliphatic carbocycles. The van der Waals surface area contributed by atoms with E-state index in [-0.39, 0.29) is 5.97 Å². The third kappa shape index (κ3) is 2.74. The van der Waals surface area contributed by atoms with Crippen LogP contribution in [0.5, 0.6) is 0 Å². The molecule has 0 unspecified atom stereocenters. The van der Waals surface area contributed by atoms with Gasteiger partial charge in [0, 0.05) is 11.5 Å². The Balaban J connectivity index is 1.59. The Labute approximate surface area is 157 Å². The minimum Gasteiger partial charge on any atom is -0.463 e. The Morgan fingerprint density at radius 2 is 1.69 bits per heavy atom. The molecule has 26 heavy (non-hydrogen) atoms. The molecule has 2 heteroatoms. The van der Waals surface area contributed by atoms with Crippen molar-refractivity contribution in [1.82, 2.24) is 0 Å². The van der Waals surface area contributed by atoms with E-state index < -0.39 is 0 Å². The molecule has 1 saturated carbocycles. The van der Waals surface area contributed by atoms with Crippen LogP contribution in [0.3, 0.4) is 0 Å². The van der Waals surface area contributed by atoms with Crippen molar-refractivity contribution in [3.63, 3.8) is 0 Å². The fourth-order valence-corrected chi connectivity index (χ4v) is 5.67. The second kappa shape index (κ2) is 7.42. The van der Waals surface area contributed by atoms with Crippen LogP contribution in [0.25, 0.3) is 5.57 Å². The van der Waals surface area contributed by atoms with Crippen LogP contribution in [0.4, 0.5) is 0 Å². The van der Waals surface area contributed by atoms with Gasteiger partial charge in [-0.15, -0.1) is 0 Å². The molecular weight excluding hydrogens is 320 g/mol. The first-order valence-electron chi connectivity index (χ1n) is 10.4. The molecule has 0 amide bonds. The van der Waals surface area contributed by atoms with E-state index in [0.29, 0.717) is 36.2 Å². The van der Waals surface area contributed by atoms with Crippen molar-refractivity contribution in [1.29, 1.82) is 0 Å². The summed E-state index contributed by atoms with van der Waals surface area (Å²) >= 11 is 0. The van der Waals surface area contributed by atoms with E-state index in [1.807, 2.05) is 13.0 Å². The molecule has 0 aromatic heterocycles. The van der Waals surface area contributed by atoms with Gasteiger partial charge >= 0.3 is 5.97 Å². The van der Waals surface area contributed by atoms with E-state index in [0.717, 1.165) is 5.57 Å². The van der Waals surface area contributed by atoms with Crippen LogP contribution in [0.2, 0.25) is 0 Å². The molecule has 5 atom stereocenters. The first kappa shape index (κ1) is 17.6. The van der Waals surface area contributed by atoms with E-state index in [2.05, 4.69) is 43.3 Å². The van der Waals surface area contributed by atoms with Crippen LogP contribution >= 0.6 is 0 Å². The molecular formula is C24H30O2. The van der Waals surface area contributed by atoms with Gasteiger partial charge in [-0.2, -0.15) is 0 Å². The van der Waals surface area contributed by atoms with Gasteiger partial charge in [-0.1, -0.05) is 75.1 Å². The van der Waals surface area contributed by atoms with Crippen molar-refractivity contribution < 1.29 is 9.53 Å². The molecule has 1 fully saturated rings. The molecule has 2 bridgehead atoms. The number of rotatable bonds is 8. The Kier molecular flexibility index (Phi) is 5.02. The fraction of sp³-hybridized carbons (Fsp3) is 0.542. The van der Waals surface area contributed by atoms with E-state index in [9.17, 15) is 4.79 Å². The summed E-state index contributed by atoms with van der Waals surface area (Å²) in [5.41, 5.74) is 3.45. The number of esters is 1.